The summed E-state index contributed by atoms with van der Waals surface area (Å²) in [4.78, 5) is 40.1. The Morgan fingerprint density at radius 3 is 2.43 bits per heavy atom. The fraction of sp³-hybridized carbons (Fsp3) is 0.222. The molecule has 1 fully saturated rings. The van der Waals surface area contributed by atoms with Crippen LogP contribution >= 0.6 is 11.3 Å². The summed E-state index contributed by atoms with van der Waals surface area (Å²) in [5.74, 6) is -0.108. The zero-order valence-electron chi connectivity index (χ0n) is 19.2. The molecule has 8 heteroatoms. The van der Waals surface area contributed by atoms with Gasteiger partial charge in [-0.2, -0.15) is 0 Å². The lowest BCUT2D eigenvalue weighted by Gasteiger charge is -2.30. The van der Waals surface area contributed by atoms with E-state index in [9.17, 15) is 19.5 Å². The smallest absolute Gasteiger partial charge is 0.407 e. The van der Waals surface area contributed by atoms with Gasteiger partial charge in [-0.25, -0.2) is 4.79 Å². The van der Waals surface area contributed by atoms with E-state index in [-0.39, 0.29) is 17.4 Å². The molecule has 1 aliphatic rings. The zero-order valence-corrected chi connectivity index (χ0v) is 20.0. The van der Waals surface area contributed by atoms with Crippen LogP contribution in [-0.4, -0.2) is 45.6 Å². The minimum Gasteiger partial charge on any atom is -0.465 e. The quantitative estimate of drug-likeness (QED) is 0.380. The maximum atomic E-state index is 13.8. The third-order valence-electron chi connectivity index (χ3n) is 6.36. The van der Waals surface area contributed by atoms with Crippen molar-refractivity contribution >= 4 is 38.4 Å². The number of aromatic nitrogens is 1. The van der Waals surface area contributed by atoms with E-state index < -0.39 is 6.09 Å². The minimum absolute atomic E-state index is 0.0274. The standard InChI is InChI=1S/C27H25N3O4S/c1-17-6-5-7-18(16-17)24(32)23-21-10-11-22(31)30(20-8-3-2-4-9-20)26(21)35-25(23)28-19-12-14-29(15-13-19)27(33)34/h2-11,16,19,28H,12-15H2,1H3,(H,33,34). The Hall–Kier alpha value is -3.91. The van der Waals surface area contributed by atoms with Crippen molar-refractivity contribution in [3.05, 3.63) is 93.8 Å². The summed E-state index contributed by atoms with van der Waals surface area (Å²) in [5.41, 5.74) is 2.69. The maximum absolute atomic E-state index is 13.8. The van der Waals surface area contributed by atoms with Crippen molar-refractivity contribution in [3.8, 4) is 5.69 Å². The molecule has 0 saturated carbocycles. The van der Waals surface area contributed by atoms with E-state index in [1.54, 1.807) is 16.7 Å². The molecule has 0 unspecified atom stereocenters. The molecule has 35 heavy (non-hydrogen) atoms. The molecule has 0 bridgehead atoms. The highest BCUT2D eigenvalue weighted by molar-refractivity contribution is 7.23. The largest absolute Gasteiger partial charge is 0.465 e. The predicted molar refractivity (Wildman–Crippen MR) is 138 cm³/mol. The second-order valence-electron chi connectivity index (χ2n) is 8.75. The number of piperidine rings is 1. The lowest BCUT2D eigenvalue weighted by Crippen LogP contribution is -2.41. The third-order valence-corrected chi connectivity index (χ3v) is 7.49. The predicted octanol–water partition coefficient (Wildman–Crippen LogP) is 5.15. The van der Waals surface area contributed by atoms with Crippen LogP contribution in [0.1, 0.15) is 34.3 Å². The number of benzene rings is 2. The van der Waals surface area contributed by atoms with Crippen molar-refractivity contribution in [2.24, 2.45) is 0 Å². The van der Waals surface area contributed by atoms with Gasteiger partial charge in [-0.05, 0) is 44.0 Å². The Morgan fingerprint density at radius 2 is 1.74 bits per heavy atom. The molecule has 1 saturated heterocycles. The molecular formula is C27H25N3O4S. The summed E-state index contributed by atoms with van der Waals surface area (Å²) >= 11 is 1.39. The number of nitrogens with one attached hydrogen (secondary N) is 1. The molecule has 4 aromatic rings. The molecule has 2 aromatic carbocycles. The number of para-hydroxylation sites is 1. The van der Waals surface area contributed by atoms with Crippen LogP contribution in [0.4, 0.5) is 9.80 Å². The normalized spacial score (nSPS) is 14.3. The molecule has 2 N–H and O–H groups in total. The van der Waals surface area contributed by atoms with Gasteiger partial charge in [-0.1, -0.05) is 53.3 Å². The third kappa shape index (κ3) is 4.44. The van der Waals surface area contributed by atoms with E-state index in [0.717, 1.165) is 16.6 Å². The molecule has 0 aliphatic carbocycles. The number of anilines is 1. The Balaban J connectivity index is 1.63. The molecule has 0 spiro atoms. The lowest BCUT2D eigenvalue weighted by atomic mass is 10.00. The summed E-state index contributed by atoms with van der Waals surface area (Å²) in [6.07, 6.45) is 0.376. The van der Waals surface area contributed by atoms with Gasteiger partial charge in [0.25, 0.3) is 5.56 Å². The van der Waals surface area contributed by atoms with Crippen molar-refractivity contribution in [1.29, 1.82) is 0 Å². The summed E-state index contributed by atoms with van der Waals surface area (Å²) in [6, 6.07) is 20.1. The molecule has 5 rings (SSSR count). The number of carbonyl (C=O) groups excluding carboxylic acids is 1. The zero-order chi connectivity index (χ0) is 24.5. The van der Waals surface area contributed by atoms with Crippen LogP contribution in [0.15, 0.2) is 71.5 Å². The van der Waals surface area contributed by atoms with Crippen LogP contribution < -0.4 is 10.9 Å². The van der Waals surface area contributed by atoms with Crippen LogP contribution in [0.2, 0.25) is 0 Å². The topological polar surface area (TPSA) is 91.6 Å². The van der Waals surface area contributed by atoms with Crippen LogP contribution in [0, 0.1) is 6.92 Å². The highest BCUT2D eigenvalue weighted by atomic mass is 32.1. The van der Waals surface area contributed by atoms with Crippen molar-refractivity contribution < 1.29 is 14.7 Å². The van der Waals surface area contributed by atoms with Crippen LogP contribution in [0.3, 0.4) is 0 Å². The molecule has 1 amide bonds. The van der Waals surface area contributed by atoms with Gasteiger partial charge in [0.1, 0.15) is 9.83 Å². The van der Waals surface area contributed by atoms with E-state index in [4.69, 9.17) is 0 Å². The van der Waals surface area contributed by atoms with Gasteiger partial charge in [-0.15, -0.1) is 0 Å². The second kappa shape index (κ2) is 9.38. The first-order valence-electron chi connectivity index (χ1n) is 11.5. The highest BCUT2D eigenvalue weighted by Gasteiger charge is 2.27. The number of hydrogen-bond donors (Lipinski definition) is 2. The first kappa shape index (κ1) is 22.9. The molecule has 178 valence electrons. The maximum Gasteiger partial charge on any atom is 0.407 e. The van der Waals surface area contributed by atoms with Gasteiger partial charge in [0.15, 0.2) is 5.78 Å². The molecular weight excluding hydrogens is 462 g/mol. The summed E-state index contributed by atoms with van der Waals surface area (Å²) in [7, 11) is 0. The van der Waals surface area contributed by atoms with Gasteiger partial charge in [0, 0.05) is 36.1 Å². The Morgan fingerprint density at radius 1 is 1.00 bits per heavy atom. The number of likely N-dealkylation sites (tertiary alicyclic amines) is 1. The first-order valence-corrected chi connectivity index (χ1v) is 12.3. The summed E-state index contributed by atoms with van der Waals surface area (Å²) < 4.78 is 1.64. The summed E-state index contributed by atoms with van der Waals surface area (Å²) in [6.45, 7) is 2.83. The lowest BCUT2D eigenvalue weighted by molar-refractivity contribution is 0.104. The number of aryl methyl sites for hydroxylation is 1. The number of rotatable bonds is 5. The van der Waals surface area contributed by atoms with E-state index in [2.05, 4.69) is 5.32 Å². The fourth-order valence-electron chi connectivity index (χ4n) is 4.56. The monoisotopic (exact) mass is 487 g/mol. The molecule has 0 atom stereocenters. The van der Waals surface area contributed by atoms with Gasteiger partial charge < -0.3 is 15.3 Å². The van der Waals surface area contributed by atoms with E-state index in [1.165, 1.54) is 22.3 Å². The average molecular weight is 488 g/mol. The number of fused-ring (bicyclic) bond motifs is 1. The van der Waals surface area contributed by atoms with Crippen molar-refractivity contribution in [3.63, 3.8) is 0 Å². The number of nitrogens with zero attached hydrogens (tertiary/aromatic N) is 2. The van der Waals surface area contributed by atoms with Gasteiger partial charge in [0.05, 0.1) is 11.3 Å². The second-order valence-corrected chi connectivity index (χ2v) is 9.75. The Kier molecular flexibility index (Phi) is 6.13. The average Bonchev–Trinajstić information content (AvgIpc) is 3.22. The number of amides is 1. The van der Waals surface area contributed by atoms with E-state index >= 15 is 0 Å². The Bertz CT molecular complexity index is 1470. The number of carbonyl (C=O) groups is 2. The minimum atomic E-state index is -0.910. The van der Waals surface area contributed by atoms with Gasteiger partial charge >= 0.3 is 6.09 Å². The number of carboxylic acid groups (broad SMARTS) is 1. The molecule has 3 heterocycles. The van der Waals surface area contributed by atoms with Gasteiger partial charge in [-0.3, -0.25) is 14.2 Å². The molecule has 0 radical (unpaired) electrons. The Labute approximate surface area is 206 Å². The van der Waals surface area contributed by atoms with Crippen molar-refractivity contribution in [2.75, 3.05) is 18.4 Å². The van der Waals surface area contributed by atoms with Crippen LogP contribution in [-0.2, 0) is 0 Å². The van der Waals surface area contributed by atoms with E-state index in [0.29, 0.717) is 46.9 Å². The number of pyridine rings is 1. The van der Waals surface area contributed by atoms with Crippen LogP contribution in [0.25, 0.3) is 15.9 Å². The van der Waals surface area contributed by atoms with Crippen LogP contribution in [0.5, 0.6) is 0 Å². The molecule has 2 aromatic heterocycles. The SMILES string of the molecule is Cc1cccc(C(=O)c2c(NC3CCN(C(=O)O)CC3)sc3c2ccc(=O)n3-c2ccccc2)c1. The summed E-state index contributed by atoms with van der Waals surface area (Å²) in [5, 5.41) is 14.2. The first-order chi connectivity index (χ1) is 16.9. The fourth-order valence-corrected chi connectivity index (χ4v) is 5.85. The number of hydrogen-bond acceptors (Lipinski definition) is 5. The van der Waals surface area contributed by atoms with Crippen molar-refractivity contribution in [1.82, 2.24) is 9.47 Å². The number of thiophene rings is 1. The molecule has 1 aliphatic heterocycles. The highest BCUT2D eigenvalue weighted by Crippen LogP contribution is 2.38. The van der Waals surface area contributed by atoms with Crippen molar-refractivity contribution in [2.45, 2.75) is 25.8 Å². The number of ketones is 1. The van der Waals surface area contributed by atoms with E-state index in [1.807, 2.05) is 55.5 Å². The molecule has 7 nitrogen and oxygen atoms in total. The van der Waals surface area contributed by atoms with Gasteiger partial charge in [0.2, 0.25) is 0 Å².